The number of rotatable bonds is 5. The number of para-hydroxylation sites is 1. The summed E-state index contributed by atoms with van der Waals surface area (Å²) in [4.78, 5) is 1.05. The molecule has 2 aromatic carbocycles. The van der Waals surface area contributed by atoms with Gasteiger partial charge in [0.25, 0.3) is 10.0 Å². The number of nitrogens with one attached hydrogen (secondary N) is 1. The van der Waals surface area contributed by atoms with Crippen LogP contribution in [0.4, 0.5) is 5.69 Å². The molecule has 2 rings (SSSR count). The van der Waals surface area contributed by atoms with E-state index in [1.165, 1.54) is 11.8 Å². The zero-order valence-corrected chi connectivity index (χ0v) is 13.2. The lowest BCUT2D eigenvalue weighted by Crippen LogP contribution is -2.13. The SMILES string of the molecule is C#CCSc1ccccc1NS(=O)(=O)c1ccc(C)cc1. The average Bonchev–Trinajstić information content (AvgIpc) is 2.46. The van der Waals surface area contributed by atoms with Crippen molar-refractivity contribution in [3.63, 3.8) is 0 Å². The van der Waals surface area contributed by atoms with Gasteiger partial charge in [0.2, 0.25) is 0 Å². The molecule has 108 valence electrons. The molecule has 0 aliphatic heterocycles. The molecule has 2 aromatic rings. The van der Waals surface area contributed by atoms with E-state index in [4.69, 9.17) is 6.42 Å². The van der Waals surface area contributed by atoms with E-state index in [1.54, 1.807) is 36.4 Å². The van der Waals surface area contributed by atoms with E-state index < -0.39 is 10.0 Å². The molecule has 0 radical (unpaired) electrons. The van der Waals surface area contributed by atoms with Crippen LogP contribution < -0.4 is 4.72 Å². The average molecular weight is 317 g/mol. The van der Waals surface area contributed by atoms with E-state index >= 15 is 0 Å². The van der Waals surface area contributed by atoms with Gasteiger partial charge in [0.1, 0.15) is 0 Å². The van der Waals surface area contributed by atoms with Crippen molar-refractivity contribution in [3.8, 4) is 12.3 Å². The van der Waals surface area contributed by atoms with E-state index in [0.29, 0.717) is 11.4 Å². The number of benzene rings is 2. The van der Waals surface area contributed by atoms with Crippen LogP contribution in [0.5, 0.6) is 0 Å². The third kappa shape index (κ3) is 4.03. The smallest absolute Gasteiger partial charge is 0.261 e. The number of sulfonamides is 1. The van der Waals surface area contributed by atoms with Crippen LogP contribution in [0, 0.1) is 19.3 Å². The van der Waals surface area contributed by atoms with Crippen LogP contribution in [-0.2, 0) is 10.0 Å². The summed E-state index contributed by atoms with van der Waals surface area (Å²) >= 11 is 1.42. The molecule has 0 unspecified atom stereocenters. The Kier molecular flexibility index (Phi) is 4.94. The molecule has 0 heterocycles. The molecule has 1 N–H and O–H groups in total. The Morgan fingerprint density at radius 1 is 1.14 bits per heavy atom. The molecule has 0 aromatic heterocycles. The summed E-state index contributed by atoms with van der Waals surface area (Å²) in [5, 5.41) is 0. The van der Waals surface area contributed by atoms with Gasteiger partial charge in [-0.2, -0.15) is 0 Å². The summed E-state index contributed by atoms with van der Waals surface area (Å²) in [5.74, 6) is 3.02. The van der Waals surface area contributed by atoms with Crippen molar-refractivity contribution in [3.05, 3.63) is 54.1 Å². The van der Waals surface area contributed by atoms with Crippen molar-refractivity contribution < 1.29 is 8.42 Å². The predicted molar refractivity (Wildman–Crippen MR) is 88.0 cm³/mol. The summed E-state index contributed by atoms with van der Waals surface area (Å²) in [6.45, 7) is 1.91. The van der Waals surface area contributed by atoms with E-state index in [0.717, 1.165) is 10.5 Å². The van der Waals surface area contributed by atoms with Crippen molar-refractivity contribution in [1.29, 1.82) is 0 Å². The largest absolute Gasteiger partial charge is 0.278 e. The van der Waals surface area contributed by atoms with Crippen LogP contribution in [0.1, 0.15) is 5.56 Å². The highest BCUT2D eigenvalue weighted by Gasteiger charge is 2.15. The molecule has 21 heavy (non-hydrogen) atoms. The maximum Gasteiger partial charge on any atom is 0.261 e. The standard InChI is InChI=1S/C16H15NO2S2/c1-3-12-20-16-7-5-4-6-15(16)17-21(18,19)14-10-8-13(2)9-11-14/h1,4-11,17H,12H2,2H3. The summed E-state index contributed by atoms with van der Waals surface area (Å²) in [6.07, 6.45) is 5.25. The molecule has 0 fully saturated rings. The fourth-order valence-electron chi connectivity index (χ4n) is 1.72. The highest BCUT2D eigenvalue weighted by atomic mass is 32.2. The van der Waals surface area contributed by atoms with Gasteiger partial charge in [0.15, 0.2) is 0 Å². The van der Waals surface area contributed by atoms with Gasteiger partial charge >= 0.3 is 0 Å². The fourth-order valence-corrected chi connectivity index (χ4v) is 3.55. The summed E-state index contributed by atoms with van der Waals surface area (Å²) in [7, 11) is -3.59. The molecule has 0 aliphatic carbocycles. The van der Waals surface area contributed by atoms with Crippen LogP contribution in [0.3, 0.4) is 0 Å². The third-order valence-corrected chi connectivity index (χ3v) is 5.13. The van der Waals surface area contributed by atoms with Crippen LogP contribution in [0.15, 0.2) is 58.3 Å². The van der Waals surface area contributed by atoms with Gasteiger partial charge < -0.3 is 0 Å². The maximum atomic E-state index is 12.4. The van der Waals surface area contributed by atoms with Crippen LogP contribution in [0.25, 0.3) is 0 Å². The molecule has 5 heteroatoms. The van der Waals surface area contributed by atoms with Crippen LogP contribution in [-0.4, -0.2) is 14.2 Å². The molecule has 0 atom stereocenters. The fraction of sp³-hybridized carbons (Fsp3) is 0.125. The number of aryl methyl sites for hydroxylation is 1. The molecular formula is C16H15NO2S2. The molecule has 3 nitrogen and oxygen atoms in total. The Morgan fingerprint density at radius 3 is 2.48 bits per heavy atom. The molecule has 0 spiro atoms. The van der Waals surface area contributed by atoms with Gasteiger partial charge in [-0.25, -0.2) is 8.42 Å². The summed E-state index contributed by atoms with van der Waals surface area (Å²) in [6, 6.07) is 13.9. The van der Waals surface area contributed by atoms with Crippen molar-refractivity contribution in [2.45, 2.75) is 16.7 Å². The quantitative estimate of drug-likeness (QED) is 0.678. The second kappa shape index (κ2) is 6.70. The van der Waals surface area contributed by atoms with Crippen LogP contribution >= 0.6 is 11.8 Å². The first-order chi connectivity index (χ1) is 10.0. The van der Waals surface area contributed by atoms with Crippen molar-refractivity contribution >= 4 is 27.5 Å². The van der Waals surface area contributed by atoms with E-state index in [2.05, 4.69) is 10.6 Å². The van der Waals surface area contributed by atoms with Gasteiger partial charge in [-0.15, -0.1) is 18.2 Å². The first-order valence-electron chi connectivity index (χ1n) is 6.28. The molecule has 0 amide bonds. The number of terminal acetylenes is 1. The molecule has 0 bridgehead atoms. The van der Waals surface area contributed by atoms with Crippen LogP contribution in [0.2, 0.25) is 0 Å². The molecule has 0 saturated carbocycles. The lowest BCUT2D eigenvalue weighted by Gasteiger charge is -2.11. The monoisotopic (exact) mass is 317 g/mol. The zero-order chi connectivity index (χ0) is 15.3. The second-order valence-corrected chi connectivity index (χ2v) is 7.11. The summed E-state index contributed by atoms with van der Waals surface area (Å²) in [5.41, 5.74) is 1.55. The highest BCUT2D eigenvalue weighted by Crippen LogP contribution is 2.28. The number of hydrogen-bond donors (Lipinski definition) is 1. The Labute approximate surface area is 129 Å². The second-order valence-electron chi connectivity index (χ2n) is 4.41. The summed E-state index contributed by atoms with van der Waals surface area (Å²) < 4.78 is 27.4. The van der Waals surface area contributed by atoms with E-state index in [1.807, 2.05) is 19.1 Å². The molecular weight excluding hydrogens is 302 g/mol. The van der Waals surface area contributed by atoms with Gasteiger partial charge in [0, 0.05) is 4.90 Å². The van der Waals surface area contributed by atoms with Crippen molar-refractivity contribution in [1.82, 2.24) is 0 Å². The highest BCUT2D eigenvalue weighted by molar-refractivity contribution is 7.99. The predicted octanol–water partition coefficient (Wildman–Crippen LogP) is 3.52. The van der Waals surface area contributed by atoms with Crippen molar-refractivity contribution in [2.24, 2.45) is 0 Å². The lowest BCUT2D eigenvalue weighted by atomic mass is 10.2. The van der Waals surface area contributed by atoms with Gasteiger partial charge in [-0.05, 0) is 31.2 Å². The molecule has 0 aliphatic rings. The van der Waals surface area contributed by atoms with E-state index in [9.17, 15) is 8.42 Å². The number of hydrogen-bond acceptors (Lipinski definition) is 3. The minimum absolute atomic E-state index is 0.241. The lowest BCUT2D eigenvalue weighted by molar-refractivity contribution is 0.601. The maximum absolute atomic E-state index is 12.4. The Morgan fingerprint density at radius 2 is 1.81 bits per heavy atom. The van der Waals surface area contributed by atoms with Crippen molar-refractivity contribution in [2.75, 3.05) is 10.5 Å². The zero-order valence-electron chi connectivity index (χ0n) is 11.5. The Bertz CT molecular complexity index is 760. The number of thioether (sulfide) groups is 1. The minimum atomic E-state index is -3.59. The first-order valence-corrected chi connectivity index (χ1v) is 8.74. The Hall–Kier alpha value is -1.90. The number of anilines is 1. The third-order valence-electron chi connectivity index (χ3n) is 2.77. The Balaban J connectivity index is 2.29. The topological polar surface area (TPSA) is 46.2 Å². The molecule has 0 saturated heterocycles. The van der Waals surface area contributed by atoms with E-state index in [-0.39, 0.29) is 4.90 Å². The minimum Gasteiger partial charge on any atom is -0.278 e. The normalized spacial score (nSPS) is 10.9. The van der Waals surface area contributed by atoms with Gasteiger partial charge in [0.05, 0.1) is 16.3 Å². The first kappa shape index (κ1) is 15.5. The van der Waals surface area contributed by atoms with Gasteiger partial charge in [-0.3, -0.25) is 4.72 Å². The van der Waals surface area contributed by atoms with Gasteiger partial charge in [-0.1, -0.05) is 35.7 Å².